The van der Waals surface area contributed by atoms with E-state index < -0.39 is 10.0 Å². The van der Waals surface area contributed by atoms with Crippen LogP contribution < -0.4 is 10.5 Å². The monoisotopic (exact) mass is 284 g/mol. The van der Waals surface area contributed by atoms with Crippen molar-refractivity contribution in [2.45, 2.75) is 24.5 Å². The maximum atomic E-state index is 12.0. The van der Waals surface area contributed by atoms with E-state index in [1.54, 1.807) is 12.5 Å². The smallest absolute Gasteiger partial charge is 0.257 e. The van der Waals surface area contributed by atoms with E-state index in [1.807, 2.05) is 10.8 Å². The molecule has 4 N–H and O–H groups in total. The molecule has 2 aromatic heterocycles. The minimum absolute atomic E-state index is 0.0395. The third-order valence-corrected chi connectivity index (χ3v) is 4.09. The highest BCUT2D eigenvalue weighted by Crippen LogP contribution is 2.10. The fourth-order valence-electron chi connectivity index (χ4n) is 1.64. The Balaban J connectivity index is 1.88. The van der Waals surface area contributed by atoms with Gasteiger partial charge < -0.3 is 10.3 Å². The Hall–Kier alpha value is -1.71. The van der Waals surface area contributed by atoms with Gasteiger partial charge in [0.15, 0.2) is 5.03 Å². The summed E-state index contributed by atoms with van der Waals surface area (Å²) in [6.07, 6.45) is 7.29. The predicted octanol–water partition coefficient (Wildman–Crippen LogP) is -0.566. The molecule has 2 rings (SSSR count). The van der Waals surface area contributed by atoms with E-state index >= 15 is 0 Å². The van der Waals surface area contributed by atoms with Crippen LogP contribution in [0.5, 0.6) is 0 Å². The number of nitrogens with one attached hydrogen (secondary N) is 2. The highest BCUT2D eigenvalue weighted by Gasteiger charge is 2.19. The molecule has 0 radical (unpaired) electrons. The summed E-state index contributed by atoms with van der Waals surface area (Å²) in [4.78, 5) is 3.91. The van der Waals surface area contributed by atoms with Crippen molar-refractivity contribution < 1.29 is 8.42 Å². The molecule has 0 saturated carbocycles. The molecule has 0 aliphatic heterocycles. The van der Waals surface area contributed by atoms with Gasteiger partial charge in [-0.25, -0.2) is 18.1 Å². The molecule has 8 nitrogen and oxygen atoms in total. The van der Waals surface area contributed by atoms with E-state index in [1.165, 1.54) is 6.20 Å². The van der Waals surface area contributed by atoms with Crippen LogP contribution in [0.1, 0.15) is 12.0 Å². The Bertz CT molecular complexity index is 604. The van der Waals surface area contributed by atoms with Gasteiger partial charge in [-0.3, -0.25) is 5.10 Å². The lowest BCUT2D eigenvalue weighted by molar-refractivity contribution is 0.565. The molecule has 0 atom stereocenters. The summed E-state index contributed by atoms with van der Waals surface area (Å²) in [7, 11) is -3.57. The Morgan fingerprint density at radius 2 is 2.32 bits per heavy atom. The predicted molar refractivity (Wildman–Crippen MR) is 68.5 cm³/mol. The second-order valence-corrected chi connectivity index (χ2v) is 5.68. The topological polar surface area (TPSA) is 119 Å². The van der Waals surface area contributed by atoms with Gasteiger partial charge in [0.2, 0.25) is 0 Å². The minimum atomic E-state index is -3.57. The molecule has 0 fully saturated rings. The van der Waals surface area contributed by atoms with Gasteiger partial charge in [-0.15, -0.1) is 0 Å². The molecule has 0 aliphatic carbocycles. The molecule has 9 heteroatoms. The number of aryl methyl sites for hydroxylation is 1. The van der Waals surface area contributed by atoms with E-state index in [4.69, 9.17) is 5.73 Å². The summed E-state index contributed by atoms with van der Waals surface area (Å²) in [6.45, 7) is 1.17. The Labute approximate surface area is 111 Å². The fraction of sp³-hybridized carbons (Fsp3) is 0.400. The van der Waals surface area contributed by atoms with Crippen LogP contribution in [0.2, 0.25) is 0 Å². The fourth-order valence-corrected chi connectivity index (χ4v) is 2.85. The van der Waals surface area contributed by atoms with Crippen LogP contribution in [-0.2, 0) is 23.1 Å². The quantitative estimate of drug-likeness (QED) is 0.588. The maximum Gasteiger partial charge on any atom is 0.257 e. The second-order valence-electron chi connectivity index (χ2n) is 3.98. The van der Waals surface area contributed by atoms with Crippen LogP contribution in [0.15, 0.2) is 29.9 Å². The molecule has 0 aromatic carbocycles. The van der Waals surface area contributed by atoms with Crippen molar-refractivity contribution in [3.05, 3.63) is 30.5 Å². The van der Waals surface area contributed by atoms with E-state index in [9.17, 15) is 8.42 Å². The zero-order valence-corrected chi connectivity index (χ0v) is 11.1. The lowest BCUT2D eigenvalue weighted by atomic mass is 10.4. The summed E-state index contributed by atoms with van der Waals surface area (Å²) in [5, 5.41) is 6.19. The second kappa shape index (κ2) is 5.95. The number of nitrogens with zero attached hydrogens (tertiary/aromatic N) is 3. The van der Waals surface area contributed by atoms with Gasteiger partial charge >= 0.3 is 0 Å². The lowest BCUT2D eigenvalue weighted by Gasteiger charge is -2.06. The van der Waals surface area contributed by atoms with Crippen LogP contribution in [0.4, 0.5) is 0 Å². The molecule has 0 spiro atoms. The Kier molecular flexibility index (Phi) is 4.30. The largest absolute Gasteiger partial charge is 0.337 e. The SMILES string of the molecule is NCc1cn[nH]c1S(=O)(=O)NCCCn1ccnc1. The summed E-state index contributed by atoms with van der Waals surface area (Å²) >= 11 is 0. The number of aromatic amines is 1. The van der Waals surface area contributed by atoms with E-state index in [0.717, 1.165) is 0 Å². The van der Waals surface area contributed by atoms with E-state index in [2.05, 4.69) is 19.9 Å². The van der Waals surface area contributed by atoms with Crippen molar-refractivity contribution in [2.75, 3.05) is 6.54 Å². The van der Waals surface area contributed by atoms with E-state index in [-0.39, 0.29) is 11.6 Å². The third kappa shape index (κ3) is 3.40. The lowest BCUT2D eigenvalue weighted by Crippen LogP contribution is -2.27. The van der Waals surface area contributed by atoms with Gasteiger partial charge in [0.1, 0.15) is 0 Å². The summed E-state index contributed by atoms with van der Waals surface area (Å²) in [5.41, 5.74) is 5.92. The van der Waals surface area contributed by atoms with Crippen molar-refractivity contribution in [1.29, 1.82) is 0 Å². The van der Waals surface area contributed by atoms with Crippen LogP contribution in [-0.4, -0.2) is 34.7 Å². The molecule has 19 heavy (non-hydrogen) atoms. The molecule has 0 saturated heterocycles. The Morgan fingerprint density at radius 1 is 1.47 bits per heavy atom. The van der Waals surface area contributed by atoms with E-state index in [0.29, 0.717) is 25.1 Å². The molecule has 0 unspecified atom stereocenters. The first-order chi connectivity index (χ1) is 9.13. The maximum absolute atomic E-state index is 12.0. The van der Waals surface area contributed by atoms with Crippen LogP contribution in [0.3, 0.4) is 0 Å². The molecule has 2 aromatic rings. The number of imidazole rings is 1. The summed E-state index contributed by atoms with van der Waals surface area (Å²) in [6, 6.07) is 0. The number of hydrogen-bond acceptors (Lipinski definition) is 5. The normalized spacial score (nSPS) is 11.8. The van der Waals surface area contributed by atoms with Gasteiger partial charge in [-0.05, 0) is 6.42 Å². The number of sulfonamides is 1. The number of H-pyrrole nitrogens is 1. The minimum Gasteiger partial charge on any atom is -0.337 e. The average molecular weight is 284 g/mol. The zero-order valence-electron chi connectivity index (χ0n) is 10.3. The average Bonchev–Trinajstić information content (AvgIpc) is 3.05. The van der Waals surface area contributed by atoms with Crippen molar-refractivity contribution in [1.82, 2.24) is 24.5 Å². The first kappa shape index (κ1) is 13.7. The molecular formula is C10H16N6O2S. The standard InChI is InChI=1S/C10H16N6O2S/c11-6-9-7-13-15-10(9)19(17,18)14-2-1-4-16-5-3-12-8-16/h3,5,7-8,14H,1-2,4,6,11H2,(H,13,15). The first-order valence-electron chi connectivity index (χ1n) is 5.81. The van der Waals surface area contributed by atoms with Crippen LogP contribution in [0, 0.1) is 0 Å². The third-order valence-electron chi connectivity index (χ3n) is 2.61. The zero-order chi connectivity index (χ0) is 13.7. The number of nitrogens with two attached hydrogens (primary N) is 1. The number of aromatic nitrogens is 4. The molecular weight excluding hydrogens is 268 g/mol. The van der Waals surface area contributed by atoms with Crippen LogP contribution in [0.25, 0.3) is 0 Å². The molecule has 104 valence electrons. The highest BCUT2D eigenvalue weighted by atomic mass is 32.2. The molecule has 0 bridgehead atoms. The molecule has 0 aliphatic rings. The van der Waals surface area contributed by atoms with Gasteiger partial charge in [-0.1, -0.05) is 0 Å². The van der Waals surface area contributed by atoms with Crippen LogP contribution >= 0.6 is 0 Å². The van der Waals surface area contributed by atoms with Crippen molar-refractivity contribution >= 4 is 10.0 Å². The van der Waals surface area contributed by atoms with Gasteiger partial charge in [0, 0.05) is 37.6 Å². The van der Waals surface area contributed by atoms with Gasteiger partial charge in [0.25, 0.3) is 10.0 Å². The van der Waals surface area contributed by atoms with Crippen molar-refractivity contribution in [3.8, 4) is 0 Å². The number of rotatable bonds is 7. The first-order valence-corrected chi connectivity index (χ1v) is 7.29. The molecule has 0 amide bonds. The Morgan fingerprint density at radius 3 is 3.00 bits per heavy atom. The summed E-state index contributed by atoms with van der Waals surface area (Å²) in [5.74, 6) is 0. The van der Waals surface area contributed by atoms with Gasteiger partial charge in [-0.2, -0.15) is 5.10 Å². The van der Waals surface area contributed by atoms with Crippen molar-refractivity contribution in [3.63, 3.8) is 0 Å². The molecule has 2 heterocycles. The number of hydrogen-bond donors (Lipinski definition) is 3. The van der Waals surface area contributed by atoms with Crippen molar-refractivity contribution in [2.24, 2.45) is 5.73 Å². The van der Waals surface area contributed by atoms with Gasteiger partial charge in [0.05, 0.1) is 12.5 Å². The highest BCUT2D eigenvalue weighted by molar-refractivity contribution is 7.89. The summed E-state index contributed by atoms with van der Waals surface area (Å²) < 4.78 is 28.3.